The lowest BCUT2D eigenvalue weighted by molar-refractivity contribution is -0.133. The smallest absolute Gasteiger partial charge is 0.313 e. The minimum atomic E-state index is -0.897. The van der Waals surface area contributed by atoms with Crippen LogP contribution in [-0.2, 0) is 4.79 Å². The topological polar surface area (TPSA) is 63.1 Å². The van der Waals surface area contributed by atoms with E-state index in [1.54, 1.807) is 0 Å². The standard InChI is InChI=1S/C8H5ClN2O2S2/c9-6-4-1-2-14-7(4)11-8(10-6)15-3-5(12)13/h1-2H,3H2,(H,12,13). The predicted molar refractivity (Wildman–Crippen MR) is 60.8 cm³/mol. The molecule has 0 bridgehead atoms. The second-order valence-corrected chi connectivity index (χ2v) is 4.81. The van der Waals surface area contributed by atoms with Crippen LogP contribution in [0, 0.1) is 0 Å². The van der Waals surface area contributed by atoms with E-state index >= 15 is 0 Å². The number of thioether (sulfide) groups is 1. The number of carbonyl (C=O) groups is 1. The number of aliphatic carboxylic acids is 1. The Morgan fingerprint density at radius 3 is 3.13 bits per heavy atom. The highest BCUT2D eigenvalue weighted by atomic mass is 35.5. The van der Waals surface area contributed by atoms with Crippen molar-refractivity contribution in [3.8, 4) is 0 Å². The molecule has 0 fully saturated rings. The number of carboxylic acids is 1. The maximum absolute atomic E-state index is 10.4. The summed E-state index contributed by atoms with van der Waals surface area (Å²) in [4.78, 5) is 19.3. The summed E-state index contributed by atoms with van der Waals surface area (Å²) < 4.78 is 0. The Morgan fingerprint density at radius 2 is 2.40 bits per heavy atom. The molecular formula is C8H5ClN2O2S2. The first-order valence-electron chi connectivity index (χ1n) is 3.92. The molecule has 0 aliphatic heterocycles. The summed E-state index contributed by atoms with van der Waals surface area (Å²) in [5.41, 5.74) is 0. The molecule has 0 aliphatic carbocycles. The third kappa shape index (κ3) is 2.39. The molecule has 4 nitrogen and oxygen atoms in total. The molecular weight excluding hydrogens is 256 g/mol. The first kappa shape index (κ1) is 10.7. The molecule has 0 unspecified atom stereocenters. The molecule has 0 radical (unpaired) electrons. The highest BCUT2D eigenvalue weighted by molar-refractivity contribution is 7.99. The van der Waals surface area contributed by atoms with Gasteiger partial charge in [-0.2, -0.15) is 0 Å². The van der Waals surface area contributed by atoms with Crippen LogP contribution >= 0.6 is 34.7 Å². The van der Waals surface area contributed by atoms with Crippen LogP contribution in [0.4, 0.5) is 0 Å². The number of carboxylic acid groups (broad SMARTS) is 1. The van der Waals surface area contributed by atoms with Gasteiger partial charge in [-0.05, 0) is 11.4 Å². The Bertz CT molecular complexity index is 514. The number of hydrogen-bond acceptors (Lipinski definition) is 5. The maximum Gasteiger partial charge on any atom is 0.313 e. The second kappa shape index (κ2) is 4.34. The number of fused-ring (bicyclic) bond motifs is 1. The van der Waals surface area contributed by atoms with Crippen molar-refractivity contribution in [2.75, 3.05) is 5.75 Å². The Labute approximate surface area is 98.3 Å². The van der Waals surface area contributed by atoms with Gasteiger partial charge in [0.15, 0.2) is 5.16 Å². The molecule has 15 heavy (non-hydrogen) atoms. The molecule has 2 heterocycles. The summed E-state index contributed by atoms with van der Waals surface area (Å²) in [7, 11) is 0. The summed E-state index contributed by atoms with van der Waals surface area (Å²) in [6, 6.07) is 1.84. The first-order chi connectivity index (χ1) is 7.16. The third-order valence-electron chi connectivity index (χ3n) is 1.58. The highest BCUT2D eigenvalue weighted by Gasteiger charge is 2.08. The lowest BCUT2D eigenvalue weighted by Gasteiger charge is -1.98. The van der Waals surface area contributed by atoms with Crippen molar-refractivity contribution < 1.29 is 9.90 Å². The van der Waals surface area contributed by atoms with Crippen molar-refractivity contribution in [1.29, 1.82) is 0 Å². The quantitative estimate of drug-likeness (QED) is 0.522. The molecule has 0 spiro atoms. The molecule has 0 saturated carbocycles. The van der Waals surface area contributed by atoms with Gasteiger partial charge in [0.25, 0.3) is 0 Å². The Kier molecular flexibility index (Phi) is 3.08. The van der Waals surface area contributed by atoms with E-state index in [0.29, 0.717) is 10.3 Å². The minimum Gasteiger partial charge on any atom is -0.481 e. The van der Waals surface area contributed by atoms with Gasteiger partial charge in [-0.15, -0.1) is 11.3 Å². The van der Waals surface area contributed by atoms with E-state index in [0.717, 1.165) is 22.0 Å². The van der Waals surface area contributed by atoms with Crippen LogP contribution in [0.5, 0.6) is 0 Å². The third-order valence-corrected chi connectivity index (χ3v) is 3.51. The van der Waals surface area contributed by atoms with Crippen molar-refractivity contribution in [2.24, 2.45) is 0 Å². The summed E-state index contributed by atoms with van der Waals surface area (Å²) >= 11 is 8.43. The normalized spacial score (nSPS) is 10.7. The van der Waals surface area contributed by atoms with Gasteiger partial charge in [-0.1, -0.05) is 23.4 Å². The van der Waals surface area contributed by atoms with E-state index in [9.17, 15) is 4.79 Å². The van der Waals surface area contributed by atoms with Gasteiger partial charge >= 0.3 is 5.97 Å². The minimum absolute atomic E-state index is 0.0623. The number of nitrogens with zero attached hydrogens (tertiary/aromatic N) is 2. The maximum atomic E-state index is 10.4. The number of aromatic nitrogens is 2. The average molecular weight is 261 g/mol. The molecule has 2 rings (SSSR count). The summed E-state index contributed by atoms with van der Waals surface area (Å²) in [6.45, 7) is 0. The fraction of sp³-hybridized carbons (Fsp3) is 0.125. The van der Waals surface area contributed by atoms with Crippen LogP contribution in [0.15, 0.2) is 16.6 Å². The number of hydrogen-bond donors (Lipinski definition) is 1. The van der Waals surface area contributed by atoms with Gasteiger partial charge in [0.2, 0.25) is 0 Å². The molecule has 7 heteroatoms. The van der Waals surface area contributed by atoms with Gasteiger partial charge in [0, 0.05) is 5.39 Å². The zero-order valence-corrected chi connectivity index (χ0v) is 9.70. The van der Waals surface area contributed by atoms with Gasteiger partial charge in [0.05, 0.1) is 5.75 Å². The van der Waals surface area contributed by atoms with Crippen LogP contribution in [-0.4, -0.2) is 26.8 Å². The van der Waals surface area contributed by atoms with E-state index < -0.39 is 5.97 Å². The largest absolute Gasteiger partial charge is 0.481 e. The molecule has 78 valence electrons. The predicted octanol–water partition coefficient (Wildman–Crippen LogP) is 2.52. The lowest BCUT2D eigenvalue weighted by Crippen LogP contribution is -1.99. The van der Waals surface area contributed by atoms with Crippen molar-refractivity contribution in [3.63, 3.8) is 0 Å². The second-order valence-electron chi connectivity index (χ2n) is 2.62. The van der Waals surface area contributed by atoms with E-state index in [2.05, 4.69) is 9.97 Å². The summed E-state index contributed by atoms with van der Waals surface area (Å²) in [6.07, 6.45) is 0. The average Bonchev–Trinajstić information content (AvgIpc) is 2.63. The number of halogens is 1. The lowest BCUT2D eigenvalue weighted by atomic mass is 10.4. The molecule has 0 aliphatic rings. The van der Waals surface area contributed by atoms with Crippen LogP contribution in [0.3, 0.4) is 0 Å². The van der Waals surface area contributed by atoms with E-state index in [-0.39, 0.29) is 5.75 Å². The molecule has 2 aromatic rings. The summed E-state index contributed by atoms with van der Waals surface area (Å²) in [5.74, 6) is -0.960. The first-order valence-corrected chi connectivity index (χ1v) is 6.16. The van der Waals surface area contributed by atoms with Crippen LogP contribution in [0.25, 0.3) is 10.2 Å². The van der Waals surface area contributed by atoms with Gasteiger partial charge in [0.1, 0.15) is 9.98 Å². The van der Waals surface area contributed by atoms with Gasteiger partial charge in [-0.3, -0.25) is 4.79 Å². The number of thiophene rings is 1. The van der Waals surface area contributed by atoms with Crippen molar-refractivity contribution in [1.82, 2.24) is 9.97 Å². The van der Waals surface area contributed by atoms with Gasteiger partial charge < -0.3 is 5.11 Å². The van der Waals surface area contributed by atoms with Crippen LogP contribution in [0.2, 0.25) is 5.15 Å². The van der Waals surface area contributed by atoms with Gasteiger partial charge in [-0.25, -0.2) is 9.97 Å². The zero-order chi connectivity index (χ0) is 10.8. The van der Waals surface area contributed by atoms with Crippen LogP contribution < -0.4 is 0 Å². The molecule has 1 N–H and O–H groups in total. The number of rotatable bonds is 3. The summed E-state index contributed by atoms with van der Waals surface area (Å²) in [5, 5.41) is 12.0. The fourth-order valence-electron chi connectivity index (χ4n) is 0.992. The fourth-order valence-corrected chi connectivity index (χ4v) is 2.72. The van der Waals surface area contributed by atoms with Crippen molar-refractivity contribution in [3.05, 3.63) is 16.6 Å². The monoisotopic (exact) mass is 260 g/mol. The zero-order valence-electron chi connectivity index (χ0n) is 7.31. The van der Waals surface area contributed by atoms with Crippen molar-refractivity contribution in [2.45, 2.75) is 5.16 Å². The Hall–Kier alpha value is -0.850. The molecule has 0 saturated heterocycles. The molecule has 0 atom stereocenters. The van der Waals surface area contributed by atoms with E-state index in [1.807, 2.05) is 11.4 Å². The Morgan fingerprint density at radius 1 is 1.60 bits per heavy atom. The molecule has 0 amide bonds. The SMILES string of the molecule is O=C(O)CSc1nc(Cl)c2ccsc2n1. The highest BCUT2D eigenvalue weighted by Crippen LogP contribution is 2.27. The van der Waals surface area contributed by atoms with E-state index in [4.69, 9.17) is 16.7 Å². The van der Waals surface area contributed by atoms with E-state index in [1.165, 1.54) is 11.3 Å². The Balaban J connectivity index is 2.32. The molecule has 2 aromatic heterocycles. The van der Waals surface area contributed by atoms with Crippen LogP contribution in [0.1, 0.15) is 0 Å². The molecule has 0 aromatic carbocycles. The van der Waals surface area contributed by atoms with Crippen molar-refractivity contribution >= 4 is 50.9 Å².